The van der Waals surface area contributed by atoms with E-state index in [1.54, 1.807) is 20.8 Å². The van der Waals surface area contributed by atoms with E-state index in [0.29, 0.717) is 5.56 Å². The van der Waals surface area contributed by atoms with Gasteiger partial charge in [-0.3, -0.25) is 4.79 Å². The third kappa shape index (κ3) is 5.10. The number of hydrogen-bond donors (Lipinski definition) is 2. The van der Waals surface area contributed by atoms with E-state index >= 15 is 0 Å². The maximum atomic E-state index is 14.6. The van der Waals surface area contributed by atoms with E-state index in [1.165, 1.54) is 6.07 Å². The first-order valence-corrected chi connectivity index (χ1v) is 10.0. The molecule has 0 aliphatic rings. The van der Waals surface area contributed by atoms with Crippen molar-refractivity contribution in [3.05, 3.63) is 58.7 Å². The third-order valence-electron chi connectivity index (χ3n) is 4.39. The summed E-state index contributed by atoms with van der Waals surface area (Å²) in [6.45, 7) is 8.85. The van der Waals surface area contributed by atoms with Crippen LogP contribution >= 0.6 is 0 Å². The van der Waals surface area contributed by atoms with Crippen LogP contribution in [0, 0.1) is 25.5 Å². The highest BCUT2D eigenvalue weighted by Gasteiger charge is 2.33. The molecule has 2 aromatic rings. The molecule has 0 bridgehead atoms. The van der Waals surface area contributed by atoms with Crippen LogP contribution in [0.15, 0.2) is 30.3 Å². The minimum Gasteiger partial charge on any atom is -0.598 e. The molecule has 0 heterocycles. The number of carboxylic acids is 1. The van der Waals surface area contributed by atoms with Crippen LogP contribution < -0.4 is 4.72 Å². The van der Waals surface area contributed by atoms with Gasteiger partial charge in [0.25, 0.3) is 0 Å². The molecule has 2 atom stereocenters. The number of rotatable bonds is 6. The fourth-order valence-corrected chi connectivity index (χ4v) is 3.80. The molecule has 152 valence electrons. The number of carbonyl (C=O) groups is 1. The number of benzene rings is 2. The van der Waals surface area contributed by atoms with Crippen LogP contribution in [0.1, 0.15) is 49.9 Å². The molecule has 0 amide bonds. The maximum Gasteiger partial charge on any atom is 0.305 e. The topological polar surface area (TPSA) is 72.4 Å². The lowest BCUT2D eigenvalue weighted by molar-refractivity contribution is -0.137. The second kappa shape index (κ2) is 8.59. The van der Waals surface area contributed by atoms with Crippen LogP contribution in [-0.2, 0) is 16.2 Å². The van der Waals surface area contributed by atoms with Crippen molar-refractivity contribution in [3.8, 4) is 11.1 Å². The molecule has 2 aromatic carbocycles. The summed E-state index contributed by atoms with van der Waals surface area (Å²) in [5.74, 6) is -3.42. The Morgan fingerprint density at radius 1 is 1.21 bits per heavy atom. The molecule has 2 rings (SSSR count). The molecule has 0 aliphatic heterocycles. The normalized spacial score (nSPS) is 14.0. The Kier molecular flexibility index (Phi) is 6.85. The molecule has 0 fully saturated rings. The maximum absolute atomic E-state index is 14.6. The Labute approximate surface area is 167 Å². The highest BCUT2D eigenvalue weighted by Crippen LogP contribution is 2.33. The Morgan fingerprint density at radius 2 is 1.79 bits per heavy atom. The van der Waals surface area contributed by atoms with E-state index in [2.05, 4.69) is 4.72 Å². The zero-order valence-electron chi connectivity index (χ0n) is 16.6. The molecule has 0 aliphatic carbocycles. The molecular formula is C21H25F2NO3S. The smallest absolute Gasteiger partial charge is 0.305 e. The van der Waals surface area contributed by atoms with E-state index in [9.17, 15) is 23.2 Å². The summed E-state index contributed by atoms with van der Waals surface area (Å²) < 4.78 is 43.5. The van der Waals surface area contributed by atoms with E-state index in [4.69, 9.17) is 0 Å². The second-order valence-electron chi connectivity index (χ2n) is 7.78. The summed E-state index contributed by atoms with van der Waals surface area (Å²) in [5, 5.41) is 9.24. The van der Waals surface area contributed by atoms with Gasteiger partial charge in [-0.1, -0.05) is 18.2 Å². The van der Waals surface area contributed by atoms with Crippen LogP contribution in [0.25, 0.3) is 11.1 Å². The molecule has 0 radical (unpaired) electrons. The number of aryl methyl sites for hydroxylation is 2. The Morgan fingerprint density at radius 3 is 2.29 bits per heavy atom. The highest BCUT2D eigenvalue weighted by molar-refractivity contribution is 7.90. The first kappa shape index (κ1) is 22.3. The summed E-state index contributed by atoms with van der Waals surface area (Å²) in [7, 11) is 0. The number of hydrogen-bond acceptors (Lipinski definition) is 3. The molecular weight excluding hydrogens is 384 g/mol. The van der Waals surface area contributed by atoms with Crippen LogP contribution in [-0.4, -0.2) is 20.4 Å². The number of aliphatic carboxylic acids is 1. The van der Waals surface area contributed by atoms with Gasteiger partial charge in [0.05, 0.1) is 12.5 Å². The van der Waals surface area contributed by atoms with Gasteiger partial charge in [-0.05, 0) is 69.0 Å². The van der Waals surface area contributed by atoms with Gasteiger partial charge < -0.3 is 9.66 Å². The number of halogens is 2. The van der Waals surface area contributed by atoms with Crippen molar-refractivity contribution in [2.24, 2.45) is 0 Å². The summed E-state index contributed by atoms with van der Waals surface area (Å²) >= 11 is -1.66. The predicted molar refractivity (Wildman–Crippen MR) is 107 cm³/mol. The Balaban J connectivity index is 2.60. The average Bonchev–Trinajstić information content (AvgIpc) is 2.55. The molecule has 2 N–H and O–H groups in total. The molecule has 28 heavy (non-hydrogen) atoms. The second-order valence-corrected chi connectivity index (χ2v) is 9.78. The Bertz CT molecular complexity index is 860. The number of carboxylic acid groups (broad SMARTS) is 1. The molecule has 0 aromatic heterocycles. The monoisotopic (exact) mass is 409 g/mol. The van der Waals surface area contributed by atoms with Crippen molar-refractivity contribution in [1.82, 2.24) is 4.72 Å². The van der Waals surface area contributed by atoms with E-state index in [0.717, 1.165) is 22.8 Å². The lowest BCUT2D eigenvalue weighted by atomic mass is 9.92. The van der Waals surface area contributed by atoms with Crippen LogP contribution in [0.3, 0.4) is 0 Å². The van der Waals surface area contributed by atoms with Crippen LogP contribution in [0.4, 0.5) is 8.78 Å². The van der Waals surface area contributed by atoms with Gasteiger partial charge in [-0.15, -0.1) is 4.72 Å². The molecule has 7 heteroatoms. The van der Waals surface area contributed by atoms with E-state index in [-0.39, 0.29) is 5.56 Å². The minimum atomic E-state index is -1.66. The van der Waals surface area contributed by atoms with Crippen molar-refractivity contribution in [3.63, 3.8) is 0 Å². The van der Waals surface area contributed by atoms with Crippen molar-refractivity contribution in [2.45, 2.75) is 51.8 Å². The van der Waals surface area contributed by atoms with Crippen molar-refractivity contribution >= 4 is 17.3 Å². The molecule has 0 saturated carbocycles. The van der Waals surface area contributed by atoms with Crippen molar-refractivity contribution in [1.29, 1.82) is 0 Å². The van der Waals surface area contributed by atoms with Gasteiger partial charge in [0, 0.05) is 16.9 Å². The van der Waals surface area contributed by atoms with Gasteiger partial charge in [-0.2, -0.15) is 0 Å². The first-order chi connectivity index (χ1) is 12.9. The zero-order chi connectivity index (χ0) is 21.2. The average molecular weight is 409 g/mol. The SMILES string of the molecule is Cc1cccc(C)c1-c1cc(F)c(F)c(C(CC(=O)O)N[S@+]([O-])C(C)(C)C)c1. The lowest BCUT2D eigenvalue weighted by Gasteiger charge is -2.28. The summed E-state index contributed by atoms with van der Waals surface area (Å²) in [6.07, 6.45) is -0.533. The van der Waals surface area contributed by atoms with Gasteiger partial charge >= 0.3 is 5.97 Å². The minimum absolute atomic E-state index is 0.155. The van der Waals surface area contributed by atoms with Crippen LogP contribution in [0.5, 0.6) is 0 Å². The standard InChI is InChI=1S/C21H25F2NO3S/c1-12-7-6-8-13(2)19(12)14-9-15(20(23)16(22)10-14)17(11-18(25)26)24-28(27)21(3,4)5/h6-10,17,24H,11H2,1-5H3,(H,25,26)/t17?,28-/m1/s1. The number of nitrogens with one attached hydrogen (secondary N) is 1. The van der Waals surface area contributed by atoms with Crippen molar-refractivity contribution < 1.29 is 23.2 Å². The summed E-state index contributed by atoms with van der Waals surface area (Å²) in [4.78, 5) is 11.3. The Hall–Kier alpha value is -1.96. The highest BCUT2D eigenvalue weighted by atomic mass is 32.2. The predicted octanol–water partition coefficient (Wildman–Crippen LogP) is 4.82. The van der Waals surface area contributed by atoms with Gasteiger partial charge in [-0.25, -0.2) is 8.78 Å². The fourth-order valence-electron chi connectivity index (χ4n) is 2.97. The molecule has 1 unspecified atom stereocenters. The lowest BCUT2D eigenvalue weighted by Crippen LogP contribution is -2.42. The fraction of sp³-hybridized carbons (Fsp3) is 0.381. The molecule has 0 spiro atoms. The summed E-state index contributed by atoms with van der Waals surface area (Å²) in [6, 6.07) is 7.00. The zero-order valence-corrected chi connectivity index (χ0v) is 17.4. The van der Waals surface area contributed by atoms with Crippen LogP contribution in [0.2, 0.25) is 0 Å². The first-order valence-electron chi connectivity index (χ1n) is 8.87. The summed E-state index contributed by atoms with van der Waals surface area (Å²) in [5.41, 5.74) is 2.82. The van der Waals surface area contributed by atoms with Gasteiger partial charge in [0.15, 0.2) is 11.6 Å². The van der Waals surface area contributed by atoms with Gasteiger partial charge in [0.2, 0.25) is 0 Å². The quantitative estimate of drug-likeness (QED) is 0.671. The van der Waals surface area contributed by atoms with E-state index < -0.39 is 46.2 Å². The van der Waals surface area contributed by atoms with Crippen molar-refractivity contribution in [2.75, 3.05) is 0 Å². The molecule has 0 saturated heterocycles. The van der Waals surface area contributed by atoms with E-state index in [1.807, 2.05) is 32.0 Å². The van der Waals surface area contributed by atoms with Gasteiger partial charge in [0.1, 0.15) is 4.75 Å². The molecule has 4 nitrogen and oxygen atoms in total. The third-order valence-corrected chi connectivity index (χ3v) is 6.00. The largest absolute Gasteiger partial charge is 0.598 e.